The highest BCUT2D eigenvalue weighted by molar-refractivity contribution is 5.79. The van der Waals surface area contributed by atoms with Crippen LogP contribution in [0.1, 0.15) is 54.9 Å². The molecule has 0 unspecified atom stereocenters. The Hall–Kier alpha value is -4.77. The number of nitrogens with two attached hydrogens (primary N) is 1. The minimum atomic E-state index is -0.602. The van der Waals surface area contributed by atoms with Crippen LogP contribution in [0.15, 0.2) is 40.6 Å². The molecular weight excluding hydrogens is 500 g/mol. The fraction of sp³-hybridized carbons (Fsp3) is 0.393. The summed E-state index contributed by atoms with van der Waals surface area (Å²) >= 11 is 0. The van der Waals surface area contributed by atoms with Crippen molar-refractivity contribution >= 4 is 34.9 Å². The number of carbonyl (C=O) groups is 3. The van der Waals surface area contributed by atoms with Gasteiger partial charge in [-0.05, 0) is 54.3 Å². The summed E-state index contributed by atoms with van der Waals surface area (Å²) in [5.41, 5.74) is 8.34. The lowest BCUT2D eigenvalue weighted by Crippen LogP contribution is -2.29. The number of hydrogen-bond acceptors (Lipinski definition) is 10. The predicted octanol–water partition coefficient (Wildman–Crippen LogP) is 4.15. The van der Waals surface area contributed by atoms with Crippen molar-refractivity contribution in [2.24, 2.45) is 16.0 Å². The van der Waals surface area contributed by atoms with Crippen LogP contribution < -0.4 is 10.6 Å². The molecule has 2 aromatic rings. The van der Waals surface area contributed by atoms with Gasteiger partial charge in [-0.15, -0.1) is 5.11 Å². The zero-order valence-electron chi connectivity index (χ0n) is 22.4. The molecule has 2 rings (SSSR count). The molecular formula is C28H32N6O5. The summed E-state index contributed by atoms with van der Waals surface area (Å²) in [6, 6.07) is 12.6. The second kappa shape index (κ2) is 15.5. The molecule has 11 heteroatoms. The Balaban J connectivity index is 2.48. The number of nitrogens with zero attached hydrogens (tertiary/aromatic N) is 5. The molecule has 0 aromatic heterocycles. The van der Waals surface area contributed by atoms with Crippen LogP contribution in [0.25, 0.3) is 0 Å². The molecule has 0 bridgehead atoms. The number of nitriles is 2. The van der Waals surface area contributed by atoms with Gasteiger partial charge in [-0.2, -0.15) is 15.6 Å². The molecule has 0 saturated heterocycles. The van der Waals surface area contributed by atoms with Crippen molar-refractivity contribution in [1.29, 1.82) is 10.5 Å². The summed E-state index contributed by atoms with van der Waals surface area (Å²) in [5.74, 6) is -1.43. The standard InChI is InChI=1S/C28H32N6O5/c1-4-5-6-19-13-21(17-29)28(22(14-19)18-30)33-32-24-8-7-23(15-20(24)16-25(31)35)34(11-9-26(36)38-2)12-10-27(37)39-3/h7-8,13-15H,4-6,9-12,16H2,1-3H3,(H2,31,35). The van der Waals surface area contributed by atoms with Crippen LogP contribution in [0.4, 0.5) is 17.1 Å². The van der Waals surface area contributed by atoms with Gasteiger partial charge in [0.25, 0.3) is 0 Å². The van der Waals surface area contributed by atoms with Crippen molar-refractivity contribution < 1.29 is 23.9 Å². The van der Waals surface area contributed by atoms with Crippen molar-refractivity contribution in [2.45, 2.75) is 45.4 Å². The number of azo groups is 1. The number of methoxy groups -OCH3 is 2. The maximum absolute atomic E-state index is 11.8. The van der Waals surface area contributed by atoms with Gasteiger partial charge in [-0.1, -0.05) is 13.3 Å². The molecule has 0 fully saturated rings. The fourth-order valence-electron chi connectivity index (χ4n) is 3.82. The first-order valence-corrected chi connectivity index (χ1v) is 12.4. The summed E-state index contributed by atoms with van der Waals surface area (Å²) < 4.78 is 9.45. The van der Waals surface area contributed by atoms with Gasteiger partial charge < -0.3 is 20.1 Å². The second-order valence-electron chi connectivity index (χ2n) is 8.66. The Morgan fingerprint density at radius 2 is 1.54 bits per heavy atom. The molecule has 0 heterocycles. The van der Waals surface area contributed by atoms with Crippen molar-refractivity contribution in [3.05, 3.63) is 52.6 Å². The normalized spacial score (nSPS) is 10.5. The van der Waals surface area contributed by atoms with Crippen molar-refractivity contribution in [3.8, 4) is 12.1 Å². The Morgan fingerprint density at radius 1 is 0.949 bits per heavy atom. The van der Waals surface area contributed by atoms with Crippen molar-refractivity contribution in [3.63, 3.8) is 0 Å². The maximum atomic E-state index is 11.8. The number of benzene rings is 2. The van der Waals surface area contributed by atoms with E-state index in [9.17, 15) is 24.9 Å². The molecule has 0 spiro atoms. The van der Waals surface area contributed by atoms with Crippen LogP contribution in [-0.4, -0.2) is 45.2 Å². The fourth-order valence-corrected chi connectivity index (χ4v) is 3.82. The minimum absolute atomic E-state index is 0.0758. The van der Waals surface area contributed by atoms with E-state index >= 15 is 0 Å². The molecule has 0 aliphatic heterocycles. The number of primary amides is 1. The second-order valence-corrected chi connectivity index (χ2v) is 8.66. The van der Waals surface area contributed by atoms with Crippen LogP contribution >= 0.6 is 0 Å². The molecule has 204 valence electrons. The zero-order chi connectivity index (χ0) is 28.8. The Morgan fingerprint density at radius 3 is 2.03 bits per heavy atom. The van der Waals surface area contributed by atoms with E-state index in [0.29, 0.717) is 16.9 Å². The number of rotatable bonds is 14. The number of ether oxygens (including phenoxy) is 2. The summed E-state index contributed by atoms with van der Waals surface area (Å²) in [6.45, 7) is 2.56. The summed E-state index contributed by atoms with van der Waals surface area (Å²) in [4.78, 5) is 37.1. The number of unbranched alkanes of at least 4 members (excludes halogenated alkanes) is 1. The van der Waals surface area contributed by atoms with Gasteiger partial charge in [0, 0.05) is 18.8 Å². The number of hydrogen-bond donors (Lipinski definition) is 1. The molecule has 2 aromatic carbocycles. The molecule has 0 radical (unpaired) electrons. The highest BCUT2D eigenvalue weighted by Crippen LogP contribution is 2.31. The van der Waals surface area contributed by atoms with E-state index in [1.54, 1.807) is 35.2 Å². The maximum Gasteiger partial charge on any atom is 0.307 e. The Bertz CT molecular complexity index is 1250. The molecule has 0 aliphatic rings. The lowest BCUT2D eigenvalue weighted by atomic mass is 10.0. The van der Waals surface area contributed by atoms with E-state index < -0.39 is 17.8 Å². The number of carbonyl (C=O) groups excluding carboxylic acids is 3. The van der Waals surface area contributed by atoms with E-state index in [1.807, 2.05) is 0 Å². The molecule has 39 heavy (non-hydrogen) atoms. The third kappa shape index (κ3) is 9.24. The number of amides is 1. The topological polar surface area (TPSA) is 171 Å². The Labute approximate surface area is 227 Å². The quantitative estimate of drug-likeness (QED) is 0.279. The summed E-state index contributed by atoms with van der Waals surface area (Å²) in [6.07, 6.45) is 2.64. The highest BCUT2D eigenvalue weighted by Gasteiger charge is 2.16. The minimum Gasteiger partial charge on any atom is -0.469 e. The average Bonchev–Trinajstić information content (AvgIpc) is 2.94. The van der Waals surface area contributed by atoms with Crippen LogP contribution in [0.2, 0.25) is 0 Å². The Kier molecular flexibility index (Phi) is 12.1. The summed E-state index contributed by atoms with van der Waals surface area (Å²) in [7, 11) is 2.58. The van der Waals surface area contributed by atoms with E-state index in [0.717, 1.165) is 24.8 Å². The van der Waals surface area contributed by atoms with Crippen LogP contribution in [0, 0.1) is 22.7 Å². The smallest absolute Gasteiger partial charge is 0.307 e. The molecule has 0 atom stereocenters. The lowest BCUT2D eigenvalue weighted by Gasteiger charge is -2.25. The van der Waals surface area contributed by atoms with Gasteiger partial charge in [0.15, 0.2) is 0 Å². The number of anilines is 1. The number of aryl methyl sites for hydroxylation is 1. The molecule has 1 amide bonds. The monoisotopic (exact) mass is 532 g/mol. The molecule has 2 N–H and O–H groups in total. The largest absolute Gasteiger partial charge is 0.469 e. The van der Waals surface area contributed by atoms with Gasteiger partial charge in [0.05, 0.1) is 50.3 Å². The van der Waals surface area contributed by atoms with Crippen molar-refractivity contribution in [2.75, 3.05) is 32.2 Å². The van der Waals surface area contributed by atoms with Gasteiger partial charge in [-0.3, -0.25) is 14.4 Å². The number of esters is 2. The summed E-state index contributed by atoms with van der Waals surface area (Å²) in [5, 5.41) is 27.8. The third-order valence-corrected chi connectivity index (χ3v) is 5.91. The lowest BCUT2D eigenvalue weighted by molar-refractivity contribution is -0.140. The van der Waals surface area contributed by atoms with Crippen LogP contribution in [-0.2, 0) is 36.7 Å². The van der Waals surface area contributed by atoms with Crippen molar-refractivity contribution in [1.82, 2.24) is 0 Å². The molecule has 11 nitrogen and oxygen atoms in total. The van der Waals surface area contributed by atoms with E-state index in [1.165, 1.54) is 14.2 Å². The predicted molar refractivity (Wildman–Crippen MR) is 143 cm³/mol. The first-order valence-electron chi connectivity index (χ1n) is 12.4. The van der Waals surface area contributed by atoms with Gasteiger partial charge >= 0.3 is 11.9 Å². The molecule has 0 saturated carbocycles. The van der Waals surface area contributed by atoms with Gasteiger partial charge in [0.2, 0.25) is 5.91 Å². The van der Waals surface area contributed by atoms with E-state index in [-0.39, 0.29) is 49.2 Å². The van der Waals surface area contributed by atoms with Gasteiger partial charge in [-0.25, -0.2) is 0 Å². The highest BCUT2D eigenvalue weighted by atomic mass is 16.5. The first kappa shape index (κ1) is 30.5. The van der Waals surface area contributed by atoms with E-state index in [4.69, 9.17) is 15.2 Å². The van der Waals surface area contributed by atoms with Crippen LogP contribution in [0.3, 0.4) is 0 Å². The van der Waals surface area contributed by atoms with E-state index in [2.05, 4.69) is 29.3 Å². The van der Waals surface area contributed by atoms with Crippen LogP contribution in [0.5, 0.6) is 0 Å². The average molecular weight is 533 g/mol. The third-order valence-electron chi connectivity index (χ3n) is 5.91. The van der Waals surface area contributed by atoms with Gasteiger partial charge in [0.1, 0.15) is 17.8 Å². The molecule has 0 aliphatic carbocycles. The SMILES string of the molecule is CCCCc1cc(C#N)c(N=Nc2ccc(N(CCC(=O)OC)CCC(=O)OC)cc2CC(N)=O)c(C#N)c1. The first-order chi connectivity index (χ1) is 18.8. The zero-order valence-corrected chi connectivity index (χ0v) is 22.4.